The maximum absolute atomic E-state index is 3.57. The van der Waals surface area contributed by atoms with E-state index in [4.69, 9.17) is 0 Å². The Morgan fingerprint density at radius 2 is 1.73 bits per heavy atom. The van der Waals surface area contributed by atoms with Gasteiger partial charge in [0.15, 0.2) is 0 Å². The maximum Gasteiger partial charge on any atom is 0.0434 e. The lowest BCUT2D eigenvalue weighted by Crippen LogP contribution is -2.42. The summed E-state index contributed by atoms with van der Waals surface area (Å²) in [5.41, 5.74) is 3.18. The van der Waals surface area contributed by atoms with Gasteiger partial charge in [-0.05, 0) is 37.9 Å². The van der Waals surface area contributed by atoms with Crippen molar-refractivity contribution in [2.45, 2.75) is 44.6 Å². The second kappa shape index (κ2) is 4.36. The van der Waals surface area contributed by atoms with Crippen molar-refractivity contribution in [1.29, 1.82) is 0 Å². The molecule has 15 heavy (non-hydrogen) atoms. The molecule has 0 heterocycles. The van der Waals surface area contributed by atoms with Gasteiger partial charge in [0.2, 0.25) is 0 Å². The fourth-order valence-electron chi connectivity index (χ4n) is 2.92. The zero-order valence-electron chi connectivity index (χ0n) is 9.84. The lowest BCUT2D eigenvalue weighted by atomic mass is 9.75. The van der Waals surface area contributed by atoms with Crippen LogP contribution < -0.4 is 5.32 Å². The van der Waals surface area contributed by atoms with E-state index in [1.165, 1.54) is 43.2 Å². The van der Waals surface area contributed by atoms with Gasteiger partial charge in [0, 0.05) is 5.54 Å². The van der Waals surface area contributed by atoms with Gasteiger partial charge in [-0.3, -0.25) is 0 Å². The van der Waals surface area contributed by atoms with Crippen LogP contribution in [0.25, 0.3) is 0 Å². The van der Waals surface area contributed by atoms with Gasteiger partial charge in [0.05, 0.1) is 0 Å². The summed E-state index contributed by atoms with van der Waals surface area (Å²) in [6.07, 6.45) is 6.68. The summed E-state index contributed by atoms with van der Waals surface area (Å²) in [5.74, 6) is 0. The van der Waals surface area contributed by atoms with E-state index in [0.717, 1.165) is 0 Å². The molecule has 1 saturated carbocycles. The smallest absolute Gasteiger partial charge is 0.0434 e. The van der Waals surface area contributed by atoms with Crippen LogP contribution in [0.3, 0.4) is 0 Å². The van der Waals surface area contributed by atoms with Crippen molar-refractivity contribution in [2.75, 3.05) is 7.05 Å². The topological polar surface area (TPSA) is 12.0 Å². The second-order valence-electron chi connectivity index (χ2n) is 4.71. The van der Waals surface area contributed by atoms with Crippen molar-refractivity contribution in [2.24, 2.45) is 0 Å². The van der Waals surface area contributed by atoms with Crippen molar-refractivity contribution < 1.29 is 0 Å². The molecule has 0 saturated heterocycles. The normalized spacial score (nSPS) is 20.1. The third kappa shape index (κ3) is 1.93. The van der Waals surface area contributed by atoms with Crippen molar-refractivity contribution in [3.8, 4) is 0 Å². The van der Waals surface area contributed by atoms with E-state index in [1.807, 2.05) is 0 Å². The molecule has 1 aromatic rings. The summed E-state index contributed by atoms with van der Waals surface area (Å²) in [6.45, 7) is 2.23. The van der Waals surface area contributed by atoms with Crippen LogP contribution in [0, 0.1) is 6.92 Å². The maximum atomic E-state index is 3.57. The van der Waals surface area contributed by atoms with E-state index >= 15 is 0 Å². The van der Waals surface area contributed by atoms with Crippen LogP contribution in [0.2, 0.25) is 0 Å². The molecule has 0 radical (unpaired) electrons. The van der Waals surface area contributed by atoms with E-state index in [0.29, 0.717) is 0 Å². The average Bonchev–Trinajstić information content (AvgIpc) is 2.30. The molecule has 0 aromatic heterocycles. The van der Waals surface area contributed by atoms with Crippen LogP contribution in [-0.2, 0) is 5.54 Å². The minimum atomic E-state index is 0.254. The van der Waals surface area contributed by atoms with Gasteiger partial charge in [-0.1, -0.05) is 43.5 Å². The highest BCUT2D eigenvalue weighted by atomic mass is 14.9. The number of benzene rings is 1. The first kappa shape index (κ1) is 10.7. The third-order valence-corrected chi connectivity index (χ3v) is 3.85. The van der Waals surface area contributed by atoms with Gasteiger partial charge in [-0.15, -0.1) is 0 Å². The van der Waals surface area contributed by atoms with Crippen LogP contribution in [-0.4, -0.2) is 7.05 Å². The van der Waals surface area contributed by atoms with E-state index in [-0.39, 0.29) is 5.54 Å². The summed E-state index contributed by atoms with van der Waals surface area (Å²) in [7, 11) is 2.11. The van der Waals surface area contributed by atoms with Crippen LogP contribution in [0.4, 0.5) is 0 Å². The molecular formula is C14H21N. The lowest BCUT2D eigenvalue weighted by molar-refractivity contribution is 0.249. The summed E-state index contributed by atoms with van der Waals surface area (Å²) in [5, 5.41) is 3.57. The lowest BCUT2D eigenvalue weighted by Gasteiger charge is -2.38. The summed E-state index contributed by atoms with van der Waals surface area (Å²) < 4.78 is 0. The largest absolute Gasteiger partial charge is 0.310 e. The van der Waals surface area contributed by atoms with Crippen LogP contribution in [0.5, 0.6) is 0 Å². The first-order valence-electron chi connectivity index (χ1n) is 6.03. The Bertz CT molecular complexity index is 324. The molecule has 1 aliphatic rings. The van der Waals surface area contributed by atoms with Gasteiger partial charge in [-0.25, -0.2) is 0 Å². The molecule has 0 spiro atoms. The number of rotatable bonds is 2. The SMILES string of the molecule is CNC1(c2ccccc2C)CCCCC1. The first-order chi connectivity index (χ1) is 7.28. The summed E-state index contributed by atoms with van der Waals surface area (Å²) in [4.78, 5) is 0. The second-order valence-corrected chi connectivity index (χ2v) is 4.71. The predicted octanol–water partition coefficient (Wildman–Crippen LogP) is 3.37. The van der Waals surface area contributed by atoms with Crippen molar-refractivity contribution in [1.82, 2.24) is 5.32 Å². The summed E-state index contributed by atoms with van der Waals surface area (Å²) >= 11 is 0. The van der Waals surface area contributed by atoms with Gasteiger partial charge in [-0.2, -0.15) is 0 Å². The zero-order chi connectivity index (χ0) is 10.7. The molecule has 0 bridgehead atoms. The Morgan fingerprint density at radius 3 is 2.33 bits per heavy atom. The summed E-state index contributed by atoms with van der Waals surface area (Å²) in [6, 6.07) is 8.81. The zero-order valence-corrected chi connectivity index (χ0v) is 9.84. The van der Waals surface area contributed by atoms with Crippen molar-refractivity contribution in [3.05, 3.63) is 35.4 Å². The van der Waals surface area contributed by atoms with Crippen molar-refractivity contribution in [3.63, 3.8) is 0 Å². The number of hydrogen-bond donors (Lipinski definition) is 1. The molecule has 0 amide bonds. The molecule has 1 aliphatic carbocycles. The Morgan fingerprint density at radius 1 is 1.07 bits per heavy atom. The van der Waals surface area contributed by atoms with Gasteiger partial charge >= 0.3 is 0 Å². The third-order valence-electron chi connectivity index (χ3n) is 3.85. The van der Waals surface area contributed by atoms with Gasteiger partial charge in [0.1, 0.15) is 0 Å². The van der Waals surface area contributed by atoms with Gasteiger partial charge in [0.25, 0.3) is 0 Å². The number of hydrogen-bond acceptors (Lipinski definition) is 1. The number of aryl methyl sites for hydroxylation is 1. The molecule has 0 atom stereocenters. The van der Waals surface area contributed by atoms with E-state index in [2.05, 4.69) is 43.6 Å². The highest BCUT2D eigenvalue weighted by molar-refractivity contribution is 5.33. The molecule has 1 heteroatoms. The fourth-order valence-corrected chi connectivity index (χ4v) is 2.92. The molecule has 2 rings (SSSR count). The molecule has 1 fully saturated rings. The van der Waals surface area contributed by atoms with Crippen LogP contribution >= 0.6 is 0 Å². The van der Waals surface area contributed by atoms with E-state index in [1.54, 1.807) is 0 Å². The van der Waals surface area contributed by atoms with Gasteiger partial charge < -0.3 is 5.32 Å². The standard InChI is InChI=1S/C14H21N/c1-12-8-4-5-9-13(12)14(15-2)10-6-3-7-11-14/h4-5,8-9,15H,3,6-7,10-11H2,1-2H3. The quantitative estimate of drug-likeness (QED) is 0.777. The molecule has 1 nitrogen and oxygen atoms in total. The monoisotopic (exact) mass is 203 g/mol. The Labute approximate surface area is 92.9 Å². The van der Waals surface area contributed by atoms with Crippen LogP contribution in [0.1, 0.15) is 43.2 Å². The fraction of sp³-hybridized carbons (Fsp3) is 0.571. The molecule has 0 unspecified atom stereocenters. The first-order valence-corrected chi connectivity index (χ1v) is 6.03. The van der Waals surface area contributed by atoms with Crippen molar-refractivity contribution >= 4 is 0 Å². The Balaban J connectivity index is 2.36. The Kier molecular flexibility index (Phi) is 3.11. The minimum absolute atomic E-state index is 0.254. The van der Waals surface area contributed by atoms with Crippen LogP contribution in [0.15, 0.2) is 24.3 Å². The Hall–Kier alpha value is -0.820. The highest BCUT2D eigenvalue weighted by Gasteiger charge is 2.32. The van der Waals surface area contributed by atoms with E-state index < -0.39 is 0 Å². The molecule has 1 aromatic carbocycles. The highest BCUT2D eigenvalue weighted by Crippen LogP contribution is 2.37. The molecule has 82 valence electrons. The minimum Gasteiger partial charge on any atom is -0.310 e. The molecule has 1 N–H and O–H groups in total. The average molecular weight is 203 g/mol. The number of nitrogens with one attached hydrogen (secondary N) is 1. The predicted molar refractivity (Wildman–Crippen MR) is 65.0 cm³/mol. The van der Waals surface area contributed by atoms with E-state index in [9.17, 15) is 0 Å². The molecular weight excluding hydrogens is 182 g/mol. The molecule has 0 aliphatic heterocycles.